The fraction of sp³-hybridized carbons (Fsp3) is 0.333. The van der Waals surface area contributed by atoms with Gasteiger partial charge in [-0.05, 0) is 19.1 Å². The first-order chi connectivity index (χ1) is 7.77. The topological polar surface area (TPSA) is 44.5 Å². The van der Waals surface area contributed by atoms with E-state index < -0.39 is 5.82 Å². The molecule has 4 heteroatoms. The van der Waals surface area contributed by atoms with Crippen molar-refractivity contribution in [2.24, 2.45) is 5.73 Å². The predicted octanol–water partition coefficient (Wildman–Crippen LogP) is 1.51. The molecule has 86 valence electrons. The molecule has 0 bridgehead atoms. The Hall–Kier alpha value is -1.57. The van der Waals surface area contributed by atoms with E-state index in [1.165, 1.54) is 6.07 Å². The largest absolute Gasteiger partial charge is 0.467 e. The summed E-state index contributed by atoms with van der Waals surface area (Å²) in [6.45, 7) is 2.74. The molecule has 2 N–H and O–H groups in total. The third-order valence-electron chi connectivity index (χ3n) is 1.78. The van der Waals surface area contributed by atoms with Crippen LogP contribution in [-0.4, -0.2) is 19.9 Å². The summed E-state index contributed by atoms with van der Waals surface area (Å²) >= 11 is 0. The molecule has 0 heterocycles. The minimum Gasteiger partial charge on any atom is -0.467 e. The average molecular weight is 223 g/mol. The van der Waals surface area contributed by atoms with Crippen molar-refractivity contribution >= 4 is 0 Å². The van der Waals surface area contributed by atoms with Crippen LogP contribution in [-0.2, 0) is 4.74 Å². The van der Waals surface area contributed by atoms with Crippen LogP contribution in [0, 0.1) is 17.7 Å². The van der Waals surface area contributed by atoms with E-state index >= 15 is 0 Å². The van der Waals surface area contributed by atoms with Crippen molar-refractivity contribution in [2.45, 2.75) is 6.92 Å². The second-order valence-corrected chi connectivity index (χ2v) is 2.90. The maximum absolute atomic E-state index is 13.4. The van der Waals surface area contributed by atoms with Crippen LogP contribution in [0.5, 0.6) is 5.75 Å². The first-order valence-electron chi connectivity index (χ1n) is 4.97. The van der Waals surface area contributed by atoms with Gasteiger partial charge in [0.2, 0.25) is 0 Å². The quantitative estimate of drug-likeness (QED) is 0.478. The Labute approximate surface area is 94.4 Å². The molecule has 0 saturated carbocycles. The molecular formula is C12H14FNO2. The summed E-state index contributed by atoms with van der Waals surface area (Å²) in [6.07, 6.45) is 0. The van der Waals surface area contributed by atoms with Crippen LogP contribution < -0.4 is 10.5 Å². The second-order valence-electron chi connectivity index (χ2n) is 2.90. The van der Waals surface area contributed by atoms with E-state index in [-0.39, 0.29) is 13.3 Å². The molecule has 0 aromatic heterocycles. The van der Waals surface area contributed by atoms with Gasteiger partial charge < -0.3 is 15.2 Å². The zero-order valence-corrected chi connectivity index (χ0v) is 9.13. The monoisotopic (exact) mass is 223 g/mol. The highest BCUT2D eigenvalue weighted by atomic mass is 19.1. The maximum Gasteiger partial charge on any atom is 0.189 e. The van der Waals surface area contributed by atoms with Crippen molar-refractivity contribution in [3.05, 3.63) is 29.6 Å². The lowest BCUT2D eigenvalue weighted by molar-refractivity contribution is 0.0222. The van der Waals surface area contributed by atoms with Crippen molar-refractivity contribution in [3.8, 4) is 17.6 Å². The molecule has 1 rings (SSSR count). The SMILES string of the molecule is CCOCOc1ccc(C#CCN)c(F)c1. The van der Waals surface area contributed by atoms with Crippen LogP contribution in [0.3, 0.4) is 0 Å². The summed E-state index contributed by atoms with van der Waals surface area (Å²) in [5, 5.41) is 0. The van der Waals surface area contributed by atoms with Gasteiger partial charge in [0.15, 0.2) is 6.79 Å². The summed E-state index contributed by atoms with van der Waals surface area (Å²) in [4.78, 5) is 0. The van der Waals surface area contributed by atoms with Crippen molar-refractivity contribution < 1.29 is 13.9 Å². The number of benzene rings is 1. The summed E-state index contributed by atoms with van der Waals surface area (Å²) in [7, 11) is 0. The molecule has 0 saturated heterocycles. The van der Waals surface area contributed by atoms with E-state index in [0.29, 0.717) is 17.9 Å². The van der Waals surface area contributed by atoms with Crippen LogP contribution in [0.2, 0.25) is 0 Å². The van der Waals surface area contributed by atoms with Crippen molar-refractivity contribution in [1.82, 2.24) is 0 Å². The molecule has 1 aromatic rings. The van der Waals surface area contributed by atoms with E-state index in [9.17, 15) is 4.39 Å². The minimum absolute atomic E-state index is 0.115. The van der Waals surface area contributed by atoms with Crippen LogP contribution in [0.1, 0.15) is 12.5 Å². The average Bonchev–Trinajstić information content (AvgIpc) is 2.28. The van der Waals surface area contributed by atoms with Gasteiger partial charge >= 0.3 is 0 Å². The van der Waals surface area contributed by atoms with Gasteiger partial charge in [0.05, 0.1) is 12.1 Å². The molecule has 0 amide bonds. The zero-order valence-electron chi connectivity index (χ0n) is 9.13. The van der Waals surface area contributed by atoms with E-state index in [2.05, 4.69) is 11.8 Å². The fourth-order valence-corrected chi connectivity index (χ4v) is 1.03. The Balaban J connectivity index is 2.67. The predicted molar refractivity (Wildman–Crippen MR) is 59.5 cm³/mol. The summed E-state index contributed by atoms with van der Waals surface area (Å²) < 4.78 is 23.6. The first-order valence-corrected chi connectivity index (χ1v) is 4.97. The van der Waals surface area contributed by atoms with Gasteiger partial charge in [-0.1, -0.05) is 11.8 Å². The Morgan fingerprint density at radius 1 is 1.44 bits per heavy atom. The highest BCUT2D eigenvalue weighted by Crippen LogP contribution is 2.15. The van der Waals surface area contributed by atoms with Gasteiger partial charge in [-0.3, -0.25) is 0 Å². The third kappa shape index (κ3) is 3.89. The lowest BCUT2D eigenvalue weighted by Gasteiger charge is -2.05. The molecule has 0 spiro atoms. The molecule has 3 nitrogen and oxygen atoms in total. The van der Waals surface area contributed by atoms with E-state index in [4.69, 9.17) is 15.2 Å². The number of ether oxygens (including phenoxy) is 2. The smallest absolute Gasteiger partial charge is 0.189 e. The highest BCUT2D eigenvalue weighted by molar-refractivity contribution is 5.39. The fourth-order valence-electron chi connectivity index (χ4n) is 1.03. The van der Waals surface area contributed by atoms with Crippen LogP contribution in [0.4, 0.5) is 4.39 Å². The number of halogens is 1. The zero-order chi connectivity index (χ0) is 11.8. The minimum atomic E-state index is -0.421. The summed E-state index contributed by atoms with van der Waals surface area (Å²) in [5.41, 5.74) is 5.51. The van der Waals surface area contributed by atoms with E-state index in [0.717, 1.165) is 0 Å². The molecule has 0 aliphatic carbocycles. The molecule has 0 unspecified atom stereocenters. The first kappa shape index (κ1) is 12.5. The number of hydrogen-bond donors (Lipinski definition) is 1. The van der Waals surface area contributed by atoms with Gasteiger partial charge in [0.1, 0.15) is 11.6 Å². The molecule has 1 aromatic carbocycles. The molecule has 0 aliphatic heterocycles. The van der Waals surface area contributed by atoms with Gasteiger partial charge in [0.25, 0.3) is 0 Å². The number of nitrogens with two attached hydrogens (primary N) is 1. The van der Waals surface area contributed by atoms with Crippen LogP contribution >= 0.6 is 0 Å². The van der Waals surface area contributed by atoms with Gasteiger partial charge in [-0.2, -0.15) is 0 Å². The number of rotatable bonds is 4. The van der Waals surface area contributed by atoms with E-state index in [1.54, 1.807) is 12.1 Å². The van der Waals surface area contributed by atoms with Gasteiger partial charge in [-0.15, -0.1) is 0 Å². The van der Waals surface area contributed by atoms with Crippen LogP contribution in [0.25, 0.3) is 0 Å². The Kier molecular flexibility index (Phi) is 5.34. The molecule has 0 fully saturated rings. The van der Waals surface area contributed by atoms with E-state index in [1.807, 2.05) is 6.92 Å². The normalized spacial score (nSPS) is 9.44. The van der Waals surface area contributed by atoms with Crippen LogP contribution in [0.15, 0.2) is 18.2 Å². The third-order valence-corrected chi connectivity index (χ3v) is 1.78. The second kappa shape index (κ2) is 6.83. The van der Waals surface area contributed by atoms with Crippen molar-refractivity contribution in [2.75, 3.05) is 19.9 Å². The lowest BCUT2D eigenvalue weighted by Crippen LogP contribution is -2.02. The Bertz CT molecular complexity index is 396. The maximum atomic E-state index is 13.4. The Morgan fingerprint density at radius 3 is 2.88 bits per heavy atom. The molecule has 0 aliphatic rings. The molecule has 16 heavy (non-hydrogen) atoms. The summed E-state index contributed by atoms with van der Waals surface area (Å²) in [5.74, 6) is 5.22. The lowest BCUT2D eigenvalue weighted by atomic mass is 10.2. The summed E-state index contributed by atoms with van der Waals surface area (Å²) in [6, 6.07) is 4.47. The number of hydrogen-bond acceptors (Lipinski definition) is 3. The van der Waals surface area contributed by atoms with Gasteiger partial charge in [0, 0.05) is 12.7 Å². The standard InChI is InChI=1S/C12H14FNO2/c1-2-15-9-16-11-6-5-10(4-3-7-14)12(13)8-11/h5-6,8H,2,7,9,14H2,1H3. The Morgan fingerprint density at radius 2 is 2.25 bits per heavy atom. The molecular weight excluding hydrogens is 209 g/mol. The van der Waals surface area contributed by atoms with Crippen molar-refractivity contribution in [1.29, 1.82) is 0 Å². The van der Waals surface area contributed by atoms with Crippen molar-refractivity contribution in [3.63, 3.8) is 0 Å². The molecule has 0 atom stereocenters. The molecule has 0 radical (unpaired) electrons. The van der Waals surface area contributed by atoms with Gasteiger partial charge in [-0.25, -0.2) is 4.39 Å². The highest BCUT2D eigenvalue weighted by Gasteiger charge is 2.01.